The van der Waals surface area contributed by atoms with Gasteiger partial charge >= 0.3 is 5.97 Å². The van der Waals surface area contributed by atoms with Crippen molar-refractivity contribution in [1.82, 2.24) is 0 Å². The highest BCUT2D eigenvalue weighted by Crippen LogP contribution is 2.08. The van der Waals surface area contributed by atoms with Crippen LogP contribution in [-0.4, -0.2) is 28.3 Å². The van der Waals surface area contributed by atoms with Crippen molar-refractivity contribution in [3.05, 3.63) is 0 Å². The Morgan fingerprint density at radius 1 is 1.75 bits per heavy atom. The number of nitrogens with zero attached hydrogens (tertiary/aromatic N) is 1. The van der Waals surface area contributed by atoms with Crippen molar-refractivity contribution in [2.75, 3.05) is 6.61 Å². The minimum Gasteiger partial charge on any atom is -0.466 e. The second-order valence-electron chi connectivity index (χ2n) is 2.22. The van der Waals surface area contributed by atoms with Gasteiger partial charge < -0.3 is 9.94 Å². The minimum absolute atomic E-state index is 0.184. The molecule has 0 bridgehead atoms. The average molecular weight is 238 g/mol. The molecule has 0 spiro atoms. The summed E-state index contributed by atoms with van der Waals surface area (Å²) in [6, 6.07) is 0. The smallest absolute Gasteiger partial charge is 0.307 e. The number of hydrogen-bond donors (Lipinski definition) is 1. The van der Waals surface area contributed by atoms with Gasteiger partial charge in [0.25, 0.3) is 0 Å². The van der Waals surface area contributed by atoms with E-state index in [2.05, 4.69) is 21.1 Å². The largest absolute Gasteiger partial charge is 0.466 e. The normalized spacial score (nSPS) is 14.1. The van der Waals surface area contributed by atoms with Crippen molar-refractivity contribution in [2.24, 2.45) is 5.16 Å². The van der Waals surface area contributed by atoms with Crippen LogP contribution in [0.25, 0.3) is 0 Å². The summed E-state index contributed by atoms with van der Waals surface area (Å²) in [6.07, 6.45) is 0.184. The fraction of sp³-hybridized carbons (Fsp3) is 0.714. The molecule has 5 heteroatoms. The zero-order valence-electron chi connectivity index (χ0n) is 7.08. The summed E-state index contributed by atoms with van der Waals surface area (Å²) in [4.78, 5) is 10.6. The molecule has 0 aromatic heterocycles. The van der Waals surface area contributed by atoms with Crippen molar-refractivity contribution in [3.8, 4) is 0 Å². The maximum Gasteiger partial charge on any atom is 0.307 e. The van der Waals surface area contributed by atoms with Crippen LogP contribution in [0.15, 0.2) is 5.16 Å². The molecule has 0 aliphatic carbocycles. The van der Waals surface area contributed by atoms with Crippen LogP contribution in [0.4, 0.5) is 0 Å². The Morgan fingerprint density at radius 3 is 2.75 bits per heavy atom. The first-order valence-corrected chi connectivity index (χ1v) is 4.51. The van der Waals surface area contributed by atoms with E-state index >= 15 is 0 Å². The third-order valence-electron chi connectivity index (χ3n) is 1.26. The van der Waals surface area contributed by atoms with Crippen LogP contribution in [0.3, 0.4) is 0 Å². The molecule has 1 unspecified atom stereocenters. The van der Waals surface area contributed by atoms with E-state index in [-0.39, 0.29) is 17.2 Å². The van der Waals surface area contributed by atoms with Crippen LogP contribution in [0, 0.1) is 0 Å². The van der Waals surface area contributed by atoms with Gasteiger partial charge in [-0.2, -0.15) is 0 Å². The molecule has 4 nitrogen and oxygen atoms in total. The lowest BCUT2D eigenvalue weighted by Crippen LogP contribution is -2.17. The molecule has 1 N–H and O–H groups in total. The summed E-state index contributed by atoms with van der Waals surface area (Å²) in [7, 11) is 0. The zero-order chi connectivity index (χ0) is 9.56. The van der Waals surface area contributed by atoms with Crippen LogP contribution in [-0.2, 0) is 9.53 Å². The maximum absolute atomic E-state index is 10.9. The summed E-state index contributed by atoms with van der Waals surface area (Å²) < 4.78 is 4.70. The van der Waals surface area contributed by atoms with Gasteiger partial charge in [0, 0.05) is 0 Å². The van der Waals surface area contributed by atoms with E-state index in [0.29, 0.717) is 12.3 Å². The number of esters is 1. The molecule has 0 aromatic carbocycles. The van der Waals surface area contributed by atoms with Crippen molar-refractivity contribution < 1.29 is 14.7 Å². The van der Waals surface area contributed by atoms with Gasteiger partial charge in [-0.15, -0.1) is 0 Å². The number of halogens is 1. The predicted molar refractivity (Wildman–Crippen MR) is 48.9 cm³/mol. The molecule has 0 aliphatic heterocycles. The summed E-state index contributed by atoms with van der Waals surface area (Å²) in [5.74, 6) is -0.303. The summed E-state index contributed by atoms with van der Waals surface area (Å²) in [5, 5.41) is 11.3. The Balaban J connectivity index is 3.84. The molecule has 0 saturated heterocycles. The molecule has 70 valence electrons. The van der Waals surface area contributed by atoms with Gasteiger partial charge in [-0.05, 0) is 13.8 Å². The monoisotopic (exact) mass is 237 g/mol. The highest BCUT2D eigenvalue weighted by Gasteiger charge is 2.14. The summed E-state index contributed by atoms with van der Waals surface area (Å²) >= 11 is 3.18. The lowest BCUT2D eigenvalue weighted by molar-refractivity contribution is -0.142. The molecule has 0 saturated carbocycles. The Morgan fingerprint density at radius 2 is 2.33 bits per heavy atom. The fourth-order valence-electron chi connectivity index (χ4n) is 0.577. The molecule has 0 aromatic rings. The van der Waals surface area contributed by atoms with E-state index in [9.17, 15) is 4.79 Å². The van der Waals surface area contributed by atoms with Crippen LogP contribution in [0.5, 0.6) is 0 Å². The van der Waals surface area contributed by atoms with Gasteiger partial charge in [-0.1, -0.05) is 21.1 Å². The Hall–Kier alpha value is -0.580. The quantitative estimate of drug-likeness (QED) is 0.266. The highest BCUT2D eigenvalue weighted by molar-refractivity contribution is 9.10. The SMILES string of the molecule is CCOC(=O)CC(Br)C(C)=NO. The van der Waals surface area contributed by atoms with Gasteiger partial charge in [0.1, 0.15) is 0 Å². The van der Waals surface area contributed by atoms with Gasteiger partial charge in [0.15, 0.2) is 0 Å². The zero-order valence-corrected chi connectivity index (χ0v) is 8.67. The van der Waals surface area contributed by atoms with E-state index in [1.54, 1.807) is 13.8 Å². The summed E-state index contributed by atoms with van der Waals surface area (Å²) in [5.41, 5.74) is 0.461. The van der Waals surface area contributed by atoms with Crippen LogP contribution in [0.1, 0.15) is 20.3 Å². The molecular weight excluding hydrogens is 226 g/mol. The van der Waals surface area contributed by atoms with Crippen molar-refractivity contribution in [3.63, 3.8) is 0 Å². The van der Waals surface area contributed by atoms with Crippen LogP contribution < -0.4 is 0 Å². The van der Waals surface area contributed by atoms with Crippen molar-refractivity contribution in [1.29, 1.82) is 0 Å². The topological polar surface area (TPSA) is 58.9 Å². The molecule has 0 fully saturated rings. The highest BCUT2D eigenvalue weighted by atomic mass is 79.9. The number of alkyl halides is 1. The number of ether oxygens (including phenoxy) is 1. The van der Waals surface area contributed by atoms with E-state index in [1.807, 2.05) is 0 Å². The van der Waals surface area contributed by atoms with E-state index < -0.39 is 0 Å². The summed E-state index contributed by atoms with van der Waals surface area (Å²) in [6.45, 7) is 3.74. The van der Waals surface area contributed by atoms with Gasteiger partial charge in [-0.25, -0.2) is 0 Å². The predicted octanol–water partition coefficient (Wildman–Crippen LogP) is 1.55. The van der Waals surface area contributed by atoms with Crippen molar-refractivity contribution in [2.45, 2.75) is 25.1 Å². The van der Waals surface area contributed by atoms with Crippen LogP contribution in [0.2, 0.25) is 0 Å². The number of hydrogen-bond acceptors (Lipinski definition) is 4. The Kier molecular flexibility index (Phi) is 5.70. The van der Waals surface area contributed by atoms with Gasteiger partial charge in [-0.3, -0.25) is 4.79 Å². The Bertz CT molecular complexity index is 181. The molecule has 0 aliphatic rings. The second-order valence-corrected chi connectivity index (χ2v) is 3.32. The lowest BCUT2D eigenvalue weighted by Gasteiger charge is -2.06. The number of rotatable bonds is 4. The second kappa shape index (κ2) is 5.99. The molecule has 0 rings (SSSR count). The minimum atomic E-state index is -0.303. The number of oxime groups is 1. The molecule has 0 heterocycles. The third kappa shape index (κ3) is 4.33. The third-order valence-corrected chi connectivity index (χ3v) is 2.25. The van der Waals surface area contributed by atoms with Gasteiger partial charge in [0.05, 0.1) is 23.6 Å². The maximum atomic E-state index is 10.9. The first-order chi connectivity index (χ1) is 5.61. The molecular formula is C7H12BrNO3. The lowest BCUT2D eigenvalue weighted by atomic mass is 10.2. The molecule has 1 atom stereocenters. The Labute approximate surface area is 79.7 Å². The average Bonchev–Trinajstić information content (AvgIpc) is 2.03. The van der Waals surface area contributed by atoms with E-state index in [0.717, 1.165) is 0 Å². The van der Waals surface area contributed by atoms with E-state index in [4.69, 9.17) is 9.94 Å². The molecule has 0 amide bonds. The number of carbonyl (C=O) groups excluding carboxylic acids is 1. The first-order valence-electron chi connectivity index (χ1n) is 3.60. The molecule has 0 radical (unpaired) electrons. The number of carbonyl (C=O) groups is 1. The standard InChI is InChI=1S/C7H12BrNO3/c1-3-12-7(10)4-6(8)5(2)9-11/h6,11H,3-4H2,1-2H3. The van der Waals surface area contributed by atoms with Crippen LogP contribution >= 0.6 is 15.9 Å². The first kappa shape index (κ1) is 11.4. The van der Waals surface area contributed by atoms with E-state index in [1.165, 1.54) is 0 Å². The van der Waals surface area contributed by atoms with Gasteiger partial charge in [0.2, 0.25) is 0 Å². The van der Waals surface area contributed by atoms with Crippen molar-refractivity contribution >= 4 is 27.6 Å². The molecule has 12 heavy (non-hydrogen) atoms. The fourth-order valence-corrected chi connectivity index (χ4v) is 0.932.